The number of hydrazone groups is 1. The first-order chi connectivity index (χ1) is 11.8. The van der Waals surface area contributed by atoms with Crippen molar-refractivity contribution in [1.29, 1.82) is 0 Å². The number of ether oxygens (including phenoxy) is 1. The molecule has 0 aliphatic carbocycles. The summed E-state index contributed by atoms with van der Waals surface area (Å²) in [6.45, 7) is 1.66. The van der Waals surface area contributed by atoms with E-state index in [1.807, 2.05) is 36.4 Å². The Labute approximate surface area is 142 Å². The van der Waals surface area contributed by atoms with Gasteiger partial charge in [0.05, 0.1) is 25.4 Å². The lowest BCUT2D eigenvalue weighted by Gasteiger charge is -2.19. The van der Waals surface area contributed by atoms with Gasteiger partial charge in [-0.3, -0.25) is 5.01 Å². The van der Waals surface area contributed by atoms with Crippen molar-refractivity contribution in [2.45, 2.75) is 19.4 Å². The number of aliphatic hydroxyl groups excluding tert-OH is 1. The summed E-state index contributed by atoms with van der Waals surface area (Å²) in [5.74, 6) is -0.298. The molecule has 0 amide bonds. The highest BCUT2D eigenvalue weighted by molar-refractivity contribution is 5.60. The van der Waals surface area contributed by atoms with Gasteiger partial charge in [-0.15, -0.1) is 0 Å². The first-order valence-electron chi connectivity index (χ1n) is 8.07. The highest BCUT2D eigenvalue weighted by atomic mass is 19.1. The first-order valence-corrected chi connectivity index (χ1v) is 8.07. The minimum absolute atomic E-state index is 0.131. The fourth-order valence-electron chi connectivity index (χ4n) is 2.14. The molecule has 24 heavy (non-hydrogen) atoms. The lowest BCUT2D eigenvalue weighted by atomic mass is 10.2. The van der Waals surface area contributed by atoms with Gasteiger partial charge in [0.25, 0.3) is 0 Å². The molecule has 0 aliphatic heterocycles. The van der Waals surface area contributed by atoms with E-state index in [2.05, 4.69) is 5.10 Å². The van der Waals surface area contributed by atoms with Crippen LogP contribution in [0.15, 0.2) is 59.7 Å². The number of nitrogens with zero attached hydrogens (tertiary/aromatic N) is 2. The van der Waals surface area contributed by atoms with E-state index in [0.717, 1.165) is 5.56 Å². The summed E-state index contributed by atoms with van der Waals surface area (Å²) in [5, 5.41) is 14.9. The van der Waals surface area contributed by atoms with Crippen molar-refractivity contribution in [2.24, 2.45) is 5.10 Å². The molecular formula is C19H23FN2O2. The molecule has 0 bridgehead atoms. The fraction of sp³-hybridized carbons (Fsp3) is 0.316. The van der Waals surface area contributed by atoms with Crippen molar-refractivity contribution in [3.8, 4) is 0 Å². The largest absolute Gasteiger partial charge is 0.396 e. The van der Waals surface area contributed by atoms with E-state index < -0.39 is 0 Å². The van der Waals surface area contributed by atoms with E-state index in [9.17, 15) is 4.39 Å². The molecule has 0 heterocycles. The Morgan fingerprint density at radius 3 is 2.71 bits per heavy atom. The number of hydrogen-bond acceptors (Lipinski definition) is 4. The normalized spacial score (nSPS) is 11.1. The van der Waals surface area contributed by atoms with Crippen LogP contribution in [0.2, 0.25) is 0 Å². The molecule has 0 atom stereocenters. The van der Waals surface area contributed by atoms with E-state index in [1.54, 1.807) is 17.3 Å². The monoisotopic (exact) mass is 330 g/mol. The van der Waals surface area contributed by atoms with Crippen LogP contribution < -0.4 is 5.01 Å². The smallest absolute Gasteiger partial charge is 0.125 e. The predicted octanol–water partition coefficient (Wildman–Crippen LogP) is 3.61. The van der Waals surface area contributed by atoms with Crippen LogP contribution in [-0.4, -0.2) is 31.1 Å². The van der Waals surface area contributed by atoms with Gasteiger partial charge in [-0.05, 0) is 36.6 Å². The minimum Gasteiger partial charge on any atom is -0.396 e. The van der Waals surface area contributed by atoms with Crippen molar-refractivity contribution in [1.82, 2.24) is 0 Å². The zero-order chi connectivity index (χ0) is 17.0. The number of benzene rings is 2. The maximum Gasteiger partial charge on any atom is 0.125 e. The van der Waals surface area contributed by atoms with Gasteiger partial charge < -0.3 is 9.84 Å². The molecule has 0 saturated carbocycles. The van der Waals surface area contributed by atoms with E-state index in [-0.39, 0.29) is 12.4 Å². The number of anilines is 1. The summed E-state index contributed by atoms with van der Waals surface area (Å²) in [6, 6.07) is 16.3. The van der Waals surface area contributed by atoms with Crippen LogP contribution in [0.1, 0.15) is 18.4 Å². The lowest BCUT2D eigenvalue weighted by molar-refractivity contribution is 0.127. The number of halogens is 1. The third-order valence-corrected chi connectivity index (χ3v) is 3.38. The number of unbranched alkanes of at least 4 members (excludes halogenated alkanes) is 1. The average molecular weight is 330 g/mol. The van der Waals surface area contributed by atoms with Crippen LogP contribution in [0.4, 0.5) is 10.1 Å². The van der Waals surface area contributed by atoms with Gasteiger partial charge in [0.2, 0.25) is 0 Å². The van der Waals surface area contributed by atoms with Crippen LogP contribution in [0.3, 0.4) is 0 Å². The lowest BCUT2D eigenvalue weighted by Crippen LogP contribution is -2.22. The molecule has 5 heteroatoms. The third-order valence-electron chi connectivity index (χ3n) is 3.38. The average Bonchev–Trinajstić information content (AvgIpc) is 2.61. The van der Waals surface area contributed by atoms with Crippen LogP contribution in [0, 0.1) is 5.82 Å². The van der Waals surface area contributed by atoms with Gasteiger partial charge >= 0.3 is 0 Å². The highest BCUT2D eigenvalue weighted by Crippen LogP contribution is 2.16. The Kier molecular flexibility index (Phi) is 7.93. The van der Waals surface area contributed by atoms with Gasteiger partial charge in [-0.2, -0.15) is 5.10 Å². The molecule has 1 N–H and O–H groups in total. The minimum atomic E-state index is -0.298. The molecule has 0 unspecified atom stereocenters. The molecule has 2 rings (SSSR count). The van der Waals surface area contributed by atoms with Crippen LogP contribution in [0.5, 0.6) is 0 Å². The van der Waals surface area contributed by atoms with Crippen LogP contribution in [-0.2, 0) is 11.3 Å². The number of aliphatic hydroxyl groups is 1. The molecule has 0 spiro atoms. The summed E-state index contributed by atoms with van der Waals surface area (Å²) in [7, 11) is 0. The van der Waals surface area contributed by atoms with E-state index in [4.69, 9.17) is 9.84 Å². The summed E-state index contributed by atoms with van der Waals surface area (Å²) >= 11 is 0. The Balaban J connectivity index is 1.89. The molecule has 0 aromatic heterocycles. The number of hydrogen-bond donors (Lipinski definition) is 1. The molecule has 4 nitrogen and oxygen atoms in total. The van der Waals surface area contributed by atoms with Crippen molar-refractivity contribution in [3.63, 3.8) is 0 Å². The van der Waals surface area contributed by atoms with Crippen molar-refractivity contribution >= 4 is 11.9 Å². The van der Waals surface area contributed by atoms with Gasteiger partial charge in [-0.25, -0.2) is 4.39 Å². The molecule has 128 valence electrons. The standard InChI is InChI=1S/C19H23FN2O2/c20-18-9-6-10-19(15-18)22(21-11-4-5-13-23)12-14-24-16-17-7-2-1-3-8-17/h1-3,6-11,15,23H,4-5,12-14,16H2. The molecular weight excluding hydrogens is 307 g/mol. The Morgan fingerprint density at radius 2 is 1.96 bits per heavy atom. The predicted molar refractivity (Wildman–Crippen MR) is 94.7 cm³/mol. The zero-order valence-corrected chi connectivity index (χ0v) is 13.6. The van der Waals surface area contributed by atoms with E-state index in [1.165, 1.54) is 12.1 Å². The number of rotatable bonds is 10. The zero-order valence-electron chi connectivity index (χ0n) is 13.6. The van der Waals surface area contributed by atoms with E-state index >= 15 is 0 Å². The highest BCUT2D eigenvalue weighted by Gasteiger charge is 2.06. The summed E-state index contributed by atoms with van der Waals surface area (Å²) in [5.41, 5.74) is 1.79. The van der Waals surface area contributed by atoms with Crippen molar-refractivity contribution < 1.29 is 14.2 Å². The fourth-order valence-corrected chi connectivity index (χ4v) is 2.14. The quantitative estimate of drug-likeness (QED) is 0.411. The van der Waals surface area contributed by atoms with Crippen LogP contribution >= 0.6 is 0 Å². The third kappa shape index (κ3) is 6.48. The van der Waals surface area contributed by atoms with Gasteiger partial charge in [0.1, 0.15) is 5.82 Å². The van der Waals surface area contributed by atoms with Gasteiger partial charge in [0.15, 0.2) is 0 Å². The maximum atomic E-state index is 13.4. The molecule has 0 saturated heterocycles. The molecule has 0 aliphatic rings. The molecule has 2 aromatic rings. The SMILES string of the molecule is OCCCC=NN(CCOCc1ccccc1)c1cccc(F)c1. The summed E-state index contributed by atoms with van der Waals surface area (Å²) in [6.07, 6.45) is 3.07. The first kappa shape index (κ1) is 18.1. The van der Waals surface area contributed by atoms with Gasteiger partial charge in [-0.1, -0.05) is 36.4 Å². The van der Waals surface area contributed by atoms with Crippen molar-refractivity contribution in [3.05, 3.63) is 66.0 Å². The molecule has 2 aromatic carbocycles. The second kappa shape index (κ2) is 10.5. The van der Waals surface area contributed by atoms with Gasteiger partial charge in [0, 0.05) is 12.8 Å². The van der Waals surface area contributed by atoms with Crippen molar-refractivity contribution in [2.75, 3.05) is 24.8 Å². The maximum absolute atomic E-state index is 13.4. The Morgan fingerprint density at radius 1 is 1.12 bits per heavy atom. The Hall–Kier alpha value is -2.24. The molecule has 0 fully saturated rings. The second-order valence-corrected chi connectivity index (χ2v) is 5.31. The second-order valence-electron chi connectivity index (χ2n) is 5.31. The Bertz CT molecular complexity index is 620. The molecule has 0 radical (unpaired) electrons. The van der Waals surface area contributed by atoms with E-state index in [0.29, 0.717) is 38.3 Å². The topological polar surface area (TPSA) is 45.1 Å². The summed E-state index contributed by atoms with van der Waals surface area (Å²) in [4.78, 5) is 0. The van der Waals surface area contributed by atoms with Crippen LogP contribution in [0.25, 0.3) is 0 Å². The summed E-state index contributed by atoms with van der Waals surface area (Å²) < 4.78 is 19.1.